The van der Waals surface area contributed by atoms with Crippen molar-refractivity contribution in [2.75, 3.05) is 6.54 Å². The monoisotopic (exact) mass is 169 g/mol. The van der Waals surface area contributed by atoms with Crippen LogP contribution in [0.5, 0.6) is 0 Å². The van der Waals surface area contributed by atoms with E-state index in [2.05, 4.69) is 29.4 Å². The molecule has 0 spiro atoms. The Balaban J connectivity index is 2.87. The van der Waals surface area contributed by atoms with Crippen LogP contribution < -0.4 is 5.73 Å². The third kappa shape index (κ3) is 1.61. The van der Waals surface area contributed by atoms with Gasteiger partial charge in [-0.25, -0.2) is 4.68 Å². The molecule has 5 heteroatoms. The minimum Gasteiger partial charge on any atom is -0.328 e. The van der Waals surface area contributed by atoms with Crippen LogP contribution in [-0.2, 0) is 0 Å². The van der Waals surface area contributed by atoms with E-state index in [9.17, 15) is 0 Å². The number of hydrogen-bond donors (Lipinski definition) is 1. The number of aryl methyl sites for hydroxylation is 1. The highest BCUT2D eigenvalue weighted by atomic mass is 15.5. The van der Waals surface area contributed by atoms with E-state index in [1.807, 2.05) is 6.92 Å². The van der Waals surface area contributed by atoms with Gasteiger partial charge < -0.3 is 5.73 Å². The molecule has 12 heavy (non-hydrogen) atoms. The van der Waals surface area contributed by atoms with E-state index in [0.29, 0.717) is 12.5 Å². The van der Waals surface area contributed by atoms with Gasteiger partial charge in [0.1, 0.15) is 5.82 Å². The van der Waals surface area contributed by atoms with Gasteiger partial charge >= 0.3 is 0 Å². The lowest BCUT2D eigenvalue weighted by Gasteiger charge is -2.18. The van der Waals surface area contributed by atoms with Crippen LogP contribution >= 0.6 is 0 Å². The van der Waals surface area contributed by atoms with Gasteiger partial charge in [0.2, 0.25) is 0 Å². The van der Waals surface area contributed by atoms with Crippen molar-refractivity contribution in [3.63, 3.8) is 0 Å². The summed E-state index contributed by atoms with van der Waals surface area (Å²) in [5.74, 6) is 1.27. The van der Waals surface area contributed by atoms with Crippen LogP contribution in [0.2, 0.25) is 0 Å². The van der Waals surface area contributed by atoms with E-state index < -0.39 is 0 Å². The Morgan fingerprint density at radius 2 is 2.17 bits per heavy atom. The Labute approximate surface area is 71.9 Å². The first-order valence-corrected chi connectivity index (χ1v) is 4.11. The van der Waals surface area contributed by atoms with Gasteiger partial charge in [-0.3, -0.25) is 0 Å². The Morgan fingerprint density at radius 1 is 1.50 bits per heavy atom. The van der Waals surface area contributed by atoms with Crippen molar-refractivity contribution < 1.29 is 0 Å². The van der Waals surface area contributed by atoms with Crippen LogP contribution in [-0.4, -0.2) is 26.8 Å². The molecule has 0 amide bonds. The topological polar surface area (TPSA) is 69.6 Å². The van der Waals surface area contributed by atoms with E-state index in [-0.39, 0.29) is 6.04 Å². The fraction of sp³-hybridized carbons (Fsp3) is 0.857. The normalized spacial score (nSPS) is 13.8. The number of aromatic nitrogens is 4. The van der Waals surface area contributed by atoms with Crippen LogP contribution in [0, 0.1) is 12.8 Å². The molecule has 0 aliphatic rings. The van der Waals surface area contributed by atoms with Gasteiger partial charge in [-0.1, -0.05) is 13.8 Å². The molecule has 0 fully saturated rings. The van der Waals surface area contributed by atoms with Gasteiger partial charge in [0, 0.05) is 6.54 Å². The van der Waals surface area contributed by atoms with Gasteiger partial charge in [0.05, 0.1) is 6.04 Å². The maximum Gasteiger partial charge on any atom is 0.148 e. The molecule has 0 aliphatic heterocycles. The number of nitrogens with zero attached hydrogens (tertiary/aromatic N) is 4. The molecule has 0 saturated heterocycles. The highest BCUT2D eigenvalue weighted by Crippen LogP contribution is 2.14. The molecule has 1 aromatic rings. The third-order valence-corrected chi connectivity index (χ3v) is 1.98. The summed E-state index contributed by atoms with van der Waals surface area (Å²) in [5.41, 5.74) is 5.62. The summed E-state index contributed by atoms with van der Waals surface area (Å²) in [5, 5.41) is 11.3. The molecule has 0 saturated carbocycles. The minimum atomic E-state index is 0.208. The molecule has 1 heterocycles. The van der Waals surface area contributed by atoms with Crippen LogP contribution in [0.3, 0.4) is 0 Å². The van der Waals surface area contributed by atoms with Crippen molar-refractivity contribution in [2.24, 2.45) is 11.7 Å². The average Bonchev–Trinajstić information content (AvgIpc) is 2.38. The molecule has 0 radical (unpaired) electrons. The highest BCUT2D eigenvalue weighted by molar-refractivity contribution is 4.81. The summed E-state index contributed by atoms with van der Waals surface area (Å²) in [7, 11) is 0. The summed E-state index contributed by atoms with van der Waals surface area (Å²) in [6.07, 6.45) is 0. The lowest BCUT2D eigenvalue weighted by atomic mass is 10.1. The fourth-order valence-electron chi connectivity index (χ4n) is 1.20. The van der Waals surface area contributed by atoms with Gasteiger partial charge in [0.15, 0.2) is 0 Å². The summed E-state index contributed by atoms with van der Waals surface area (Å²) in [6.45, 7) is 6.67. The van der Waals surface area contributed by atoms with Crippen molar-refractivity contribution in [2.45, 2.75) is 26.8 Å². The molecule has 1 rings (SSSR count). The Kier molecular flexibility index (Phi) is 2.75. The molecule has 2 N–H and O–H groups in total. The Hall–Kier alpha value is -0.970. The molecule has 1 atom stereocenters. The molecule has 68 valence electrons. The number of tetrazole rings is 1. The Bertz CT molecular complexity index is 242. The lowest BCUT2D eigenvalue weighted by Crippen LogP contribution is -2.25. The standard InChI is InChI=1S/C7H15N5/c1-5(2)7(4-8)12-6(3)9-10-11-12/h5,7H,4,8H2,1-3H3. The average molecular weight is 169 g/mol. The third-order valence-electron chi connectivity index (χ3n) is 1.98. The van der Waals surface area contributed by atoms with Crippen LogP contribution in [0.4, 0.5) is 0 Å². The largest absolute Gasteiger partial charge is 0.328 e. The molecule has 0 aliphatic carbocycles. The fourth-order valence-corrected chi connectivity index (χ4v) is 1.20. The SMILES string of the molecule is Cc1nnnn1C(CN)C(C)C. The molecular weight excluding hydrogens is 154 g/mol. The quantitative estimate of drug-likeness (QED) is 0.698. The van der Waals surface area contributed by atoms with Gasteiger partial charge in [-0.2, -0.15) is 0 Å². The second kappa shape index (κ2) is 3.62. The molecule has 1 aromatic heterocycles. The second-order valence-electron chi connectivity index (χ2n) is 3.22. The van der Waals surface area contributed by atoms with E-state index in [1.54, 1.807) is 4.68 Å². The number of hydrogen-bond acceptors (Lipinski definition) is 4. The smallest absolute Gasteiger partial charge is 0.148 e. The van der Waals surface area contributed by atoms with Crippen molar-refractivity contribution in [3.8, 4) is 0 Å². The molecule has 5 nitrogen and oxygen atoms in total. The first-order valence-electron chi connectivity index (χ1n) is 4.11. The maximum absolute atomic E-state index is 5.62. The number of rotatable bonds is 3. The first kappa shape index (κ1) is 9.12. The van der Waals surface area contributed by atoms with Gasteiger partial charge in [-0.05, 0) is 23.3 Å². The molecule has 1 unspecified atom stereocenters. The van der Waals surface area contributed by atoms with Crippen LogP contribution in [0.25, 0.3) is 0 Å². The molecular formula is C7H15N5. The van der Waals surface area contributed by atoms with Crippen molar-refractivity contribution >= 4 is 0 Å². The zero-order valence-corrected chi connectivity index (χ0v) is 7.73. The van der Waals surface area contributed by atoms with E-state index in [0.717, 1.165) is 5.82 Å². The lowest BCUT2D eigenvalue weighted by molar-refractivity contribution is 0.342. The van der Waals surface area contributed by atoms with Crippen LogP contribution in [0.1, 0.15) is 25.7 Å². The van der Waals surface area contributed by atoms with E-state index in [4.69, 9.17) is 5.73 Å². The predicted octanol–water partition coefficient (Wildman–Crippen LogP) is 0.137. The highest BCUT2D eigenvalue weighted by Gasteiger charge is 2.16. The number of nitrogens with two attached hydrogens (primary N) is 1. The molecule has 0 bridgehead atoms. The second-order valence-corrected chi connectivity index (χ2v) is 3.22. The Morgan fingerprint density at radius 3 is 2.50 bits per heavy atom. The maximum atomic E-state index is 5.62. The van der Waals surface area contributed by atoms with Crippen LogP contribution in [0.15, 0.2) is 0 Å². The van der Waals surface area contributed by atoms with Crippen molar-refractivity contribution in [1.82, 2.24) is 20.2 Å². The minimum absolute atomic E-state index is 0.208. The summed E-state index contributed by atoms with van der Waals surface area (Å²) in [4.78, 5) is 0. The summed E-state index contributed by atoms with van der Waals surface area (Å²) < 4.78 is 1.78. The van der Waals surface area contributed by atoms with Crippen molar-refractivity contribution in [3.05, 3.63) is 5.82 Å². The summed E-state index contributed by atoms with van der Waals surface area (Å²) >= 11 is 0. The predicted molar refractivity (Wildman–Crippen MR) is 45.5 cm³/mol. The van der Waals surface area contributed by atoms with Gasteiger partial charge in [0.25, 0.3) is 0 Å². The van der Waals surface area contributed by atoms with Crippen molar-refractivity contribution in [1.29, 1.82) is 0 Å². The zero-order chi connectivity index (χ0) is 9.14. The first-order chi connectivity index (χ1) is 5.66. The van der Waals surface area contributed by atoms with E-state index in [1.165, 1.54) is 0 Å². The van der Waals surface area contributed by atoms with E-state index >= 15 is 0 Å². The van der Waals surface area contributed by atoms with Gasteiger partial charge in [-0.15, -0.1) is 5.10 Å². The molecule has 0 aromatic carbocycles. The summed E-state index contributed by atoms with van der Waals surface area (Å²) in [6, 6.07) is 0.208. The zero-order valence-electron chi connectivity index (χ0n) is 7.73.